The molecule has 5 rings (SSSR count). The molecule has 2 aromatic carbocycles. The molecule has 152 valence electrons. The average molecular weight is 426 g/mol. The fourth-order valence-electron chi connectivity index (χ4n) is 3.47. The number of ketones is 1. The zero-order valence-electron chi connectivity index (χ0n) is 16.8. The summed E-state index contributed by atoms with van der Waals surface area (Å²) in [6.07, 6.45) is 3.44. The van der Waals surface area contributed by atoms with Gasteiger partial charge in [-0.3, -0.25) is 9.36 Å². The highest BCUT2D eigenvalue weighted by Gasteiger charge is 2.14. The van der Waals surface area contributed by atoms with Gasteiger partial charge in [0.2, 0.25) is 5.95 Å². The molecule has 6 nitrogen and oxygen atoms in total. The summed E-state index contributed by atoms with van der Waals surface area (Å²) in [7, 11) is 0. The van der Waals surface area contributed by atoms with Gasteiger partial charge >= 0.3 is 0 Å². The number of nitrogens with one attached hydrogen (secondary N) is 1. The number of hydrogen-bond donors (Lipinski definition) is 1. The topological polar surface area (TPSA) is 72.7 Å². The van der Waals surface area contributed by atoms with Crippen molar-refractivity contribution < 1.29 is 4.79 Å². The number of hydrogen-bond acceptors (Lipinski definition) is 6. The van der Waals surface area contributed by atoms with Crippen molar-refractivity contribution >= 4 is 34.1 Å². The summed E-state index contributed by atoms with van der Waals surface area (Å²) in [5.74, 6) is 1.25. The lowest BCUT2D eigenvalue weighted by Gasteiger charge is -2.14. The second-order valence-corrected chi connectivity index (χ2v) is 7.95. The first-order valence-electron chi connectivity index (χ1n) is 9.88. The van der Waals surface area contributed by atoms with Crippen molar-refractivity contribution in [2.45, 2.75) is 13.0 Å². The van der Waals surface area contributed by atoms with Crippen LogP contribution in [0.25, 0.3) is 16.9 Å². The number of carbonyl (C=O) groups excluding carboxylic acids is 1. The van der Waals surface area contributed by atoms with Gasteiger partial charge in [0.1, 0.15) is 12.1 Å². The first-order valence-corrected chi connectivity index (χ1v) is 10.8. The van der Waals surface area contributed by atoms with Crippen LogP contribution in [0, 0.1) is 0 Å². The lowest BCUT2D eigenvalue weighted by atomic mass is 10.1. The van der Waals surface area contributed by atoms with Crippen LogP contribution in [0.5, 0.6) is 0 Å². The van der Waals surface area contributed by atoms with Gasteiger partial charge < -0.3 is 5.32 Å². The van der Waals surface area contributed by atoms with Crippen LogP contribution in [0.1, 0.15) is 34.5 Å². The first kappa shape index (κ1) is 19.1. The maximum Gasteiger partial charge on any atom is 0.225 e. The number of imidazole rings is 1. The number of fused-ring (bicyclic) bond motifs is 1. The Morgan fingerprint density at radius 1 is 1.03 bits per heavy atom. The number of benzene rings is 2. The molecule has 1 N–H and O–H groups in total. The van der Waals surface area contributed by atoms with Crippen LogP contribution in [0.15, 0.2) is 83.9 Å². The van der Waals surface area contributed by atoms with Crippen molar-refractivity contribution in [3.63, 3.8) is 0 Å². The summed E-state index contributed by atoms with van der Waals surface area (Å²) in [6, 6.07) is 19.5. The quantitative estimate of drug-likeness (QED) is 0.375. The van der Waals surface area contributed by atoms with Crippen molar-refractivity contribution in [3.8, 4) is 5.82 Å². The van der Waals surface area contributed by atoms with E-state index in [2.05, 4.69) is 39.3 Å². The highest BCUT2D eigenvalue weighted by Crippen LogP contribution is 2.22. The molecule has 7 heteroatoms. The molecule has 3 heterocycles. The van der Waals surface area contributed by atoms with Crippen molar-refractivity contribution in [1.29, 1.82) is 0 Å². The van der Waals surface area contributed by atoms with Gasteiger partial charge in [0, 0.05) is 22.7 Å². The summed E-state index contributed by atoms with van der Waals surface area (Å²) < 4.78 is 1.90. The van der Waals surface area contributed by atoms with Crippen molar-refractivity contribution in [2.24, 2.45) is 0 Å². The Morgan fingerprint density at radius 2 is 1.90 bits per heavy atom. The lowest BCUT2D eigenvalue weighted by molar-refractivity contribution is 0.103. The largest absolute Gasteiger partial charge is 0.348 e. The number of aromatic nitrogens is 4. The monoisotopic (exact) mass is 425 g/mol. The van der Waals surface area contributed by atoms with E-state index in [4.69, 9.17) is 0 Å². The van der Waals surface area contributed by atoms with Crippen LogP contribution in [0.4, 0.5) is 5.95 Å². The number of anilines is 1. The summed E-state index contributed by atoms with van der Waals surface area (Å²) in [6.45, 7) is 2.07. The minimum absolute atomic E-state index is 0.00104. The Kier molecular flexibility index (Phi) is 5.01. The Balaban J connectivity index is 1.43. The van der Waals surface area contributed by atoms with Crippen LogP contribution in [-0.4, -0.2) is 25.3 Å². The highest BCUT2D eigenvalue weighted by atomic mass is 32.1. The van der Waals surface area contributed by atoms with E-state index in [-0.39, 0.29) is 11.8 Å². The van der Waals surface area contributed by atoms with E-state index in [1.54, 1.807) is 12.5 Å². The molecule has 0 saturated heterocycles. The Hall–Kier alpha value is -3.84. The van der Waals surface area contributed by atoms with Crippen molar-refractivity contribution in [1.82, 2.24) is 19.5 Å². The number of thiophene rings is 1. The van der Waals surface area contributed by atoms with Gasteiger partial charge in [-0.15, -0.1) is 0 Å². The fraction of sp³-hybridized carbons (Fsp3) is 0.0833. The second-order valence-electron chi connectivity index (χ2n) is 7.17. The predicted molar refractivity (Wildman–Crippen MR) is 123 cm³/mol. The predicted octanol–water partition coefficient (Wildman–Crippen LogP) is 5.28. The SMILES string of the molecule is CC(Nc1nccc(-n2cnc3cc(C(=O)c4ccsc4)ccc32)n1)c1ccccc1. The molecule has 0 aliphatic rings. The third-order valence-electron chi connectivity index (χ3n) is 5.13. The molecular formula is C24H19N5OS. The number of nitrogens with zero attached hydrogens (tertiary/aromatic N) is 4. The zero-order valence-corrected chi connectivity index (χ0v) is 17.6. The molecule has 0 fully saturated rings. The number of carbonyl (C=O) groups is 1. The molecular weight excluding hydrogens is 406 g/mol. The minimum atomic E-state index is 0.00104. The molecule has 0 saturated carbocycles. The van der Waals surface area contributed by atoms with Gasteiger partial charge in [-0.05, 0) is 48.2 Å². The van der Waals surface area contributed by atoms with E-state index in [9.17, 15) is 4.79 Å². The highest BCUT2D eigenvalue weighted by molar-refractivity contribution is 7.08. The molecule has 3 aromatic heterocycles. The molecule has 1 unspecified atom stereocenters. The number of rotatable bonds is 6. The maximum atomic E-state index is 12.6. The van der Waals surface area contributed by atoms with E-state index in [1.165, 1.54) is 11.3 Å². The molecule has 1 atom stereocenters. The van der Waals surface area contributed by atoms with E-state index in [1.807, 2.05) is 63.9 Å². The van der Waals surface area contributed by atoms with E-state index in [0.29, 0.717) is 22.9 Å². The molecule has 0 amide bonds. The maximum absolute atomic E-state index is 12.6. The second kappa shape index (κ2) is 8.12. The molecule has 31 heavy (non-hydrogen) atoms. The van der Waals surface area contributed by atoms with E-state index >= 15 is 0 Å². The van der Waals surface area contributed by atoms with Crippen molar-refractivity contribution in [3.05, 3.63) is 101 Å². The van der Waals surface area contributed by atoms with Crippen LogP contribution in [-0.2, 0) is 0 Å². The smallest absolute Gasteiger partial charge is 0.225 e. The van der Waals surface area contributed by atoms with Crippen LogP contribution < -0.4 is 5.32 Å². The summed E-state index contributed by atoms with van der Waals surface area (Å²) in [4.78, 5) is 26.2. The van der Waals surface area contributed by atoms with Gasteiger partial charge in [0.05, 0.1) is 17.1 Å². The van der Waals surface area contributed by atoms with Crippen LogP contribution in [0.2, 0.25) is 0 Å². The molecule has 0 aliphatic heterocycles. The third kappa shape index (κ3) is 3.83. The standard InChI is InChI=1S/C24H19N5OS/c1-16(17-5-3-2-4-6-17)27-24-25-11-9-22(28-24)29-15-26-20-13-18(7-8-21(20)29)23(30)19-10-12-31-14-19/h2-16H,1H3,(H,25,27,28). The Labute approximate surface area is 183 Å². The lowest BCUT2D eigenvalue weighted by Crippen LogP contribution is -2.10. The fourth-order valence-corrected chi connectivity index (χ4v) is 4.10. The Morgan fingerprint density at radius 3 is 2.71 bits per heavy atom. The van der Waals surface area contributed by atoms with E-state index in [0.717, 1.165) is 16.6 Å². The van der Waals surface area contributed by atoms with Gasteiger partial charge in [0.15, 0.2) is 5.78 Å². The average Bonchev–Trinajstić information content (AvgIpc) is 3.49. The van der Waals surface area contributed by atoms with Gasteiger partial charge in [-0.25, -0.2) is 9.97 Å². The third-order valence-corrected chi connectivity index (χ3v) is 5.81. The van der Waals surface area contributed by atoms with E-state index < -0.39 is 0 Å². The zero-order chi connectivity index (χ0) is 21.2. The normalized spacial score (nSPS) is 12.0. The molecule has 0 radical (unpaired) electrons. The van der Waals surface area contributed by atoms with Gasteiger partial charge in [-0.2, -0.15) is 16.3 Å². The van der Waals surface area contributed by atoms with Crippen molar-refractivity contribution in [2.75, 3.05) is 5.32 Å². The summed E-state index contributed by atoms with van der Waals surface area (Å²) in [5.41, 5.74) is 4.10. The Bertz CT molecular complexity index is 1350. The van der Waals surface area contributed by atoms with Crippen LogP contribution >= 0.6 is 11.3 Å². The molecule has 0 aliphatic carbocycles. The first-order chi connectivity index (χ1) is 15.2. The molecule has 0 spiro atoms. The summed E-state index contributed by atoms with van der Waals surface area (Å²) in [5, 5.41) is 7.11. The molecule has 5 aromatic rings. The van der Waals surface area contributed by atoms with Crippen LogP contribution in [0.3, 0.4) is 0 Å². The van der Waals surface area contributed by atoms with Gasteiger partial charge in [0.25, 0.3) is 0 Å². The van der Waals surface area contributed by atoms with Gasteiger partial charge in [-0.1, -0.05) is 30.3 Å². The summed E-state index contributed by atoms with van der Waals surface area (Å²) >= 11 is 1.51. The minimum Gasteiger partial charge on any atom is -0.348 e. The molecule has 0 bridgehead atoms.